The summed E-state index contributed by atoms with van der Waals surface area (Å²) in [7, 11) is 0. The van der Waals surface area contributed by atoms with Gasteiger partial charge in [-0.2, -0.15) is 5.10 Å². The SMILES string of the molecule is NC(=NN=Cc1ccc(-c2ccccc2CC(=O)O)cc1)SCc1ccccc1. The molecule has 0 aromatic heterocycles. The van der Waals surface area contributed by atoms with Gasteiger partial charge in [-0.15, -0.1) is 5.10 Å². The maximum atomic E-state index is 11.1. The molecular weight excluding hydrogens is 382 g/mol. The number of hydrogen-bond acceptors (Lipinski definition) is 4. The zero-order chi connectivity index (χ0) is 20.5. The molecule has 146 valence electrons. The van der Waals surface area contributed by atoms with Crippen LogP contribution in [0.1, 0.15) is 16.7 Å². The molecule has 0 saturated heterocycles. The molecule has 0 radical (unpaired) electrons. The molecule has 0 aliphatic carbocycles. The highest BCUT2D eigenvalue weighted by atomic mass is 32.2. The van der Waals surface area contributed by atoms with Crippen LogP contribution in [0.15, 0.2) is 89.1 Å². The van der Waals surface area contributed by atoms with Crippen molar-refractivity contribution in [1.29, 1.82) is 0 Å². The first-order valence-corrected chi connectivity index (χ1v) is 10.0. The number of nitrogens with zero attached hydrogens (tertiary/aromatic N) is 2. The lowest BCUT2D eigenvalue weighted by Crippen LogP contribution is -2.05. The minimum Gasteiger partial charge on any atom is -0.481 e. The molecule has 0 saturated carbocycles. The molecule has 0 amide bonds. The van der Waals surface area contributed by atoms with E-state index in [4.69, 9.17) is 10.8 Å². The number of carboxylic acids is 1. The number of amidine groups is 1. The van der Waals surface area contributed by atoms with Crippen molar-refractivity contribution >= 4 is 29.1 Å². The lowest BCUT2D eigenvalue weighted by Gasteiger charge is -2.08. The predicted molar refractivity (Wildman–Crippen MR) is 120 cm³/mol. The molecular formula is C23H21N3O2S. The van der Waals surface area contributed by atoms with Crippen molar-refractivity contribution in [3.05, 3.63) is 95.6 Å². The number of aliphatic carboxylic acids is 1. The Kier molecular flexibility index (Phi) is 7.19. The van der Waals surface area contributed by atoms with Gasteiger partial charge in [0, 0.05) is 5.75 Å². The Morgan fingerprint density at radius 3 is 2.38 bits per heavy atom. The van der Waals surface area contributed by atoms with E-state index < -0.39 is 5.97 Å². The zero-order valence-electron chi connectivity index (χ0n) is 15.7. The Morgan fingerprint density at radius 1 is 0.966 bits per heavy atom. The highest BCUT2D eigenvalue weighted by Crippen LogP contribution is 2.24. The van der Waals surface area contributed by atoms with Crippen molar-refractivity contribution in [1.82, 2.24) is 0 Å². The summed E-state index contributed by atoms with van der Waals surface area (Å²) >= 11 is 1.44. The van der Waals surface area contributed by atoms with Gasteiger partial charge in [0.2, 0.25) is 0 Å². The molecule has 0 fully saturated rings. The zero-order valence-corrected chi connectivity index (χ0v) is 16.5. The normalized spacial score (nSPS) is 11.7. The molecule has 29 heavy (non-hydrogen) atoms. The number of thioether (sulfide) groups is 1. The predicted octanol–water partition coefficient (Wildman–Crippen LogP) is 4.56. The van der Waals surface area contributed by atoms with Crippen LogP contribution in [-0.4, -0.2) is 22.5 Å². The molecule has 3 aromatic rings. The van der Waals surface area contributed by atoms with Crippen LogP contribution < -0.4 is 5.73 Å². The molecule has 3 rings (SSSR count). The van der Waals surface area contributed by atoms with E-state index in [1.807, 2.05) is 78.9 Å². The standard InChI is InChI=1S/C23H21N3O2S/c24-23(29-16-18-6-2-1-3-7-18)26-25-15-17-10-12-19(13-11-17)21-9-5-4-8-20(21)14-22(27)28/h1-13,15H,14,16H2,(H2,24,26)(H,27,28). The largest absolute Gasteiger partial charge is 0.481 e. The van der Waals surface area contributed by atoms with Gasteiger partial charge >= 0.3 is 5.97 Å². The van der Waals surface area contributed by atoms with Crippen LogP contribution in [-0.2, 0) is 17.0 Å². The summed E-state index contributed by atoms with van der Waals surface area (Å²) < 4.78 is 0. The fraction of sp³-hybridized carbons (Fsp3) is 0.0870. The van der Waals surface area contributed by atoms with Crippen LogP contribution in [0.5, 0.6) is 0 Å². The van der Waals surface area contributed by atoms with Gasteiger partial charge in [0.05, 0.1) is 12.6 Å². The third kappa shape index (κ3) is 6.33. The van der Waals surface area contributed by atoms with E-state index in [0.717, 1.165) is 28.0 Å². The van der Waals surface area contributed by atoms with Crippen LogP contribution in [0.2, 0.25) is 0 Å². The Balaban J connectivity index is 1.62. The molecule has 0 unspecified atom stereocenters. The van der Waals surface area contributed by atoms with E-state index in [1.165, 1.54) is 17.3 Å². The fourth-order valence-electron chi connectivity index (χ4n) is 2.78. The molecule has 0 bridgehead atoms. The highest BCUT2D eigenvalue weighted by molar-refractivity contribution is 8.13. The minimum atomic E-state index is -0.846. The second-order valence-corrected chi connectivity index (χ2v) is 7.30. The Morgan fingerprint density at radius 2 is 1.66 bits per heavy atom. The quantitative estimate of drug-likeness (QED) is 0.344. The molecule has 0 aliphatic heterocycles. The Hall–Kier alpha value is -3.38. The summed E-state index contributed by atoms with van der Waals surface area (Å²) in [5.74, 6) is -0.0994. The topological polar surface area (TPSA) is 88.0 Å². The maximum Gasteiger partial charge on any atom is 0.307 e. The number of benzene rings is 3. The summed E-state index contributed by atoms with van der Waals surface area (Å²) in [5.41, 5.74) is 10.6. The van der Waals surface area contributed by atoms with Gasteiger partial charge in [-0.1, -0.05) is 90.6 Å². The highest BCUT2D eigenvalue weighted by Gasteiger charge is 2.07. The monoisotopic (exact) mass is 403 g/mol. The maximum absolute atomic E-state index is 11.1. The van der Waals surface area contributed by atoms with Crippen LogP contribution in [0.4, 0.5) is 0 Å². The number of rotatable bonds is 7. The minimum absolute atomic E-state index is 0.00593. The first-order valence-electron chi connectivity index (χ1n) is 9.05. The summed E-state index contributed by atoms with van der Waals surface area (Å²) in [6, 6.07) is 25.3. The molecule has 0 spiro atoms. The third-order valence-electron chi connectivity index (χ3n) is 4.17. The molecule has 0 heterocycles. The van der Waals surface area contributed by atoms with Gasteiger partial charge < -0.3 is 10.8 Å². The first kappa shape index (κ1) is 20.4. The van der Waals surface area contributed by atoms with Gasteiger partial charge in [-0.3, -0.25) is 4.79 Å². The van der Waals surface area contributed by atoms with Gasteiger partial charge in [0.25, 0.3) is 0 Å². The second-order valence-electron chi connectivity index (χ2n) is 6.31. The van der Waals surface area contributed by atoms with Crippen LogP contribution in [0, 0.1) is 0 Å². The molecule has 3 aromatic carbocycles. The summed E-state index contributed by atoms with van der Waals surface area (Å²) in [6.07, 6.45) is 1.64. The van der Waals surface area contributed by atoms with Gasteiger partial charge in [-0.25, -0.2) is 0 Å². The van der Waals surface area contributed by atoms with E-state index in [0.29, 0.717) is 5.17 Å². The van der Waals surface area contributed by atoms with Crippen molar-refractivity contribution in [3.63, 3.8) is 0 Å². The van der Waals surface area contributed by atoms with E-state index >= 15 is 0 Å². The van der Waals surface area contributed by atoms with Crippen molar-refractivity contribution in [2.45, 2.75) is 12.2 Å². The van der Waals surface area contributed by atoms with E-state index in [-0.39, 0.29) is 6.42 Å². The van der Waals surface area contributed by atoms with E-state index in [2.05, 4.69) is 10.2 Å². The van der Waals surface area contributed by atoms with Crippen molar-refractivity contribution in [2.24, 2.45) is 15.9 Å². The average Bonchev–Trinajstić information content (AvgIpc) is 2.74. The van der Waals surface area contributed by atoms with Crippen LogP contribution in [0.25, 0.3) is 11.1 Å². The number of carbonyl (C=O) groups is 1. The van der Waals surface area contributed by atoms with Gasteiger partial charge in [-0.05, 0) is 27.8 Å². The Labute approximate surface area is 174 Å². The lowest BCUT2D eigenvalue weighted by molar-refractivity contribution is -0.136. The number of hydrogen-bond donors (Lipinski definition) is 2. The summed E-state index contributed by atoms with van der Waals surface area (Å²) in [4.78, 5) is 11.1. The third-order valence-corrected chi connectivity index (χ3v) is 5.03. The second kappa shape index (κ2) is 10.2. The molecule has 0 aliphatic rings. The van der Waals surface area contributed by atoms with E-state index in [9.17, 15) is 4.79 Å². The van der Waals surface area contributed by atoms with Crippen LogP contribution >= 0.6 is 11.8 Å². The smallest absolute Gasteiger partial charge is 0.307 e. The van der Waals surface area contributed by atoms with Crippen molar-refractivity contribution in [3.8, 4) is 11.1 Å². The molecule has 0 atom stereocenters. The fourth-order valence-corrected chi connectivity index (χ4v) is 3.39. The van der Waals surface area contributed by atoms with Crippen molar-refractivity contribution < 1.29 is 9.90 Å². The van der Waals surface area contributed by atoms with Gasteiger partial charge in [0.15, 0.2) is 5.17 Å². The molecule has 5 nitrogen and oxygen atoms in total. The Bertz CT molecular complexity index is 1020. The molecule has 6 heteroatoms. The summed E-state index contributed by atoms with van der Waals surface area (Å²) in [6.45, 7) is 0. The summed E-state index contributed by atoms with van der Waals surface area (Å²) in [5, 5.41) is 17.6. The molecule has 3 N–H and O–H groups in total. The number of carboxylic acid groups (broad SMARTS) is 1. The van der Waals surface area contributed by atoms with E-state index in [1.54, 1.807) is 6.21 Å². The number of nitrogens with two attached hydrogens (primary N) is 1. The average molecular weight is 404 g/mol. The van der Waals surface area contributed by atoms with Crippen molar-refractivity contribution in [2.75, 3.05) is 0 Å². The van der Waals surface area contributed by atoms with Gasteiger partial charge in [0.1, 0.15) is 0 Å². The lowest BCUT2D eigenvalue weighted by atomic mass is 9.97. The van der Waals surface area contributed by atoms with Crippen LogP contribution in [0.3, 0.4) is 0 Å². The first-order chi connectivity index (χ1) is 14.1.